The average Bonchev–Trinajstić information content (AvgIpc) is 2.49. The van der Waals surface area contributed by atoms with Crippen LogP contribution in [0.15, 0.2) is 58.1 Å². The molecule has 2 rings (SSSR count). The molecule has 2 aromatic carbocycles. The van der Waals surface area contributed by atoms with Crippen molar-refractivity contribution in [1.29, 1.82) is 0 Å². The molecule has 0 aliphatic heterocycles. The topological polar surface area (TPSA) is 70.6 Å². The summed E-state index contributed by atoms with van der Waals surface area (Å²) in [5.74, 6) is -0.857. The minimum atomic E-state index is -0.471. The summed E-state index contributed by atoms with van der Waals surface area (Å²) in [5.41, 5.74) is 4.93. The second-order valence-corrected chi connectivity index (χ2v) is 5.85. The Labute approximate surface area is 142 Å². The molecule has 0 bridgehead atoms. The minimum absolute atomic E-state index is 0.288. The Morgan fingerprint density at radius 2 is 1.87 bits per heavy atom. The van der Waals surface area contributed by atoms with Gasteiger partial charge in [0.1, 0.15) is 6.42 Å². The summed E-state index contributed by atoms with van der Waals surface area (Å²) in [5, 5.41) is 6.49. The molecule has 0 saturated heterocycles. The first kappa shape index (κ1) is 16.9. The van der Waals surface area contributed by atoms with Crippen LogP contribution in [0.25, 0.3) is 0 Å². The van der Waals surface area contributed by atoms with Crippen molar-refractivity contribution in [2.45, 2.75) is 13.3 Å². The first-order valence-electron chi connectivity index (χ1n) is 6.97. The highest BCUT2D eigenvalue weighted by Gasteiger charge is 2.08. The minimum Gasteiger partial charge on any atom is -0.326 e. The molecule has 0 saturated carbocycles. The third kappa shape index (κ3) is 6.04. The van der Waals surface area contributed by atoms with Gasteiger partial charge in [0.15, 0.2) is 0 Å². The molecule has 5 nitrogen and oxygen atoms in total. The van der Waals surface area contributed by atoms with Crippen molar-refractivity contribution in [3.8, 4) is 0 Å². The van der Waals surface area contributed by atoms with Gasteiger partial charge in [-0.2, -0.15) is 5.10 Å². The number of halogens is 1. The van der Waals surface area contributed by atoms with E-state index >= 15 is 0 Å². The van der Waals surface area contributed by atoms with Gasteiger partial charge in [-0.15, -0.1) is 0 Å². The van der Waals surface area contributed by atoms with E-state index < -0.39 is 5.91 Å². The molecule has 0 aliphatic rings. The van der Waals surface area contributed by atoms with Crippen LogP contribution in [0.5, 0.6) is 0 Å². The van der Waals surface area contributed by atoms with E-state index in [-0.39, 0.29) is 12.3 Å². The molecule has 6 heteroatoms. The predicted octanol–water partition coefficient (Wildman–Crippen LogP) is 3.24. The van der Waals surface area contributed by atoms with E-state index in [9.17, 15) is 9.59 Å². The van der Waals surface area contributed by atoms with E-state index in [1.54, 1.807) is 12.1 Å². The van der Waals surface area contributed by atoms with Gasteiger partial charge in [0, 0.05) is 10.2 Å². The third-order valence-corrected chi connectivity index (χ3v) is 3.40. The van der Waals surface area contributed by atoms with Gasteiger partial charge in [0.05, 0.1) is 6.21 Å². The molecule has 118 valence electrons. The van der Waals surface area contributed by atoms with Crippen LogP contribution in [-0.4, -0.2) is 18.0 Å². The zero-order chi connectivity index (χ0) is 16.7. The van der Waals surface area contributed by atoms with Gasteiger partial charge >= 0.3 is 0 Å². The SMILES string of the molecule is Cc1ccc(NC(=O)CC(=O)NN=Cc2cccc(Br)c2)cc1. The fourth-order valence-corrected chi connectivity index (χ4v) is 2.21. The molecular formula is C17H16BrN3O2. The Morgan fingerprint density at radius 3 is 2.57 bits per heavy atom. The van der Waals surface area contributed by atoms with Crippen molar-refractivity contribution in [2.24, 2.45) is 5.10 Å². The molecule has 2 amide bonds. The molecule has 2 N–H and O–H groups in total. The number of hydrazone groups is 1. The van der Waals surface area contributed by atoms with Gasteiger partial charge in [-0.1, -0.05) is 45.8 Å². The zero-order valence-electron chi connectivity index (χ0n) is 12.5. The lowest BCUT2D eigenvalue weighted by Gasteiger charge is -2.04. The smallest absolute Gasteiger partial charge is 0.249 e. The molecular weight excluding hydrogens is 358 g/mol. The molecule has 2 aromatic rings. The van der Waals surface area contributed by atoms with Crippen LogP contribution in [0.4, 0.5) is 5.69 Å². The van der Waals surface area contributed by atoms with Crippen molar-refractivity contribution in [3.05, 3.63) is 64.1 Å². The maximum Gasteiger partial charge on any atom is 0.249 e. The lowest BCUT2D eigenvalue weighted by molar-refractivity contribution is -0.126. The molecule has 0 aromatic heterocycles. The van der Waals surface area contributed by atoms with Crippen LogP contribution in [-0.2, 0) is 9.59 Å². The number of anilines is 1. The highest BCUT2D eigenvalue weighted by molar-refractivity contribution is 9.10. The summed E-state index contributed by atoms with van der Waals surface area (Å²) in [4.78, 5) is 23.4. The number of nitrogens with one attached hydrogen (secondary N) is 2. The summed E-state index contributed by atoms with van der Waals surface area (Å²) in [6.45, 7) is 1.96. The van der Waals surface area contributed by atoms with Crippen LogP contribution in [0.1, 0.15) is 17.5 Å². The third-order valence-electron chi connectivity index (χ3n) is 2.91. The maximum absolute atomic E-state index is 11.8. The van der Waals surface area contributed by atoms with Crippen molar-refractivity contribution in [3.63, 3.8) is 0 Å². The van der Waals surface area contributed by atoms with Crippen molar-refractivity contribution >= 4 is 39.6 Å². The molecule has 23 heavy (non-hydrogen) atoms. The Balaban J connectivity index is 1.80. The lowest BCUT2D eigenvalue weighted by Crippen LogP contribution is -2.24. The van der Waals surface area contributed by atoms with Gasteiger partial charge in [-0.3, -0.25) is 9.59 Å². The number of nitrogens with zero attached hydrogens (tertiary/aromatic N) is 1. The number of rotatable bonds is 5. The number of hydrogen-bond acceptors (Lipinski definition) is 3. The zero-order valence-corrected chi connectivity index (χ0v) is 14.1. The van der Waals surface area contributed by atoms with Crippen molar-refractivity contribution < 1.29 is 9.59 Å². The monoisotopic (exact) mass is 373 g/mol. The first-order valence-corrected chi connectivity index (χ1v) is 7.76. The van der Waals surface area contributed by atoms with E-state index in [0.717, 1.165) is 15.6 Å². The largest absolute Gasteiger partial charge is 0.326 e. The molecule has 0 fully saturated rings. The van der Waals surface area contributed by atoms with E-state index in [4.69, 9.17) is 0 Å². The number of carbonyl (C=O) groups excluding carboxylic acids is 2. The van der Waals surface area contributed by atoms with E-state index in [1.807, 2.05) is 43.3 Å². The number of hydrogen-bond donors (Lipinski definition) is 2. The second-order valence-electron chi connectivity index (χ2n) is 4.94. The van der Waals surface area contributed by atoms with Gasteiger partial charge in [-0.25, -0.2) is 5.43 Å². The van der Waals surface area contributed by atoms with Gasteiger partial charge < -0.3 is 5.32 Å². The van der Waals surface area contributed by atoms with Crippen LogP contribution in [0.2, 0.25) is 0 Å². The standard InChI is InChI=1S/C17H16BrN3O2/c1-12-5-7-15(8-6-12)20-16(22)10-17(23)21-19-11-13-3-2-4-14(18)9-13/h2-9,11H,10H2,1H3,(H,20,22)(H,21,23). The first-order chi connectivity index (χ1) is 11.0. The van der Waals surface area contributed by atoms with E-state index in [1.165, 1.54) is 6.21 Å². The quantitative estimate of drug-likeness (QED) is 0.479. The lowest BCUT2D eigenvalue weighted by atomic mass is 10.2. The second kappa shape index (κ2) is 8.24. The van der Waals surface area contributed by atoms with Crippen LogP contribution >= 0.6 is 15.9 Å². The maximum atomic E-state index is 11.8. The summed E-state index contributed by atoms with van der Waals surface area (Å²) in [6.07, 6.45) is 1.23. The predicted molar refractivity (Wildman–Crippen MR) is 94.3 cm³/mol. The molecule has 0 unspecified atom stereocenters. The fraction of sp³-hybridized carbons (Fsp3) is 0.118. The van der Waals surface area contributed by atoms with Crippen LogP contribution in [0.3, 0.4) is 0 Å². The molecule has 0 radical (unpaired) electrons. The Morgan fingerprint density at radius 1 is 1.13 bits per heavy atom. The van der Waals surface area contributed by atoms with Gasteiger partial charge in [0.2, 0.25) is 11.8 Å². The summed E-state index contributed by atoms with van der Waals surface area (Å²) in [6, 6.07) is 14.8. The fourth-order valence-electron chi connectivity index (χ4n) is 1.79. The summed E-state index contributed by atoms with van der Waals surface area (Å²) in [7, 11) is 0. The van der Waals surface area contributed by atoms with Crippen LogP contribution in [0, 0.1) is 6.92 Å². The van der Waals surface area contributed by atoms with Crippen molar-refractivity contribution in [2.75, 3.05) is 5.32 Å². The van der Waals surface area contributed by atoms with Gasteiger partial charge in [0.25, 0.3) is 0 Å². The number of carbonyl (C=O) groups is 2. The molecule has 0 aliphatic carbocycles. The van der Waals surface area contributed by atoms with Crippen LogP contribution < -0.4 is 10.7 Å². The van der Waals surface area contributed by atoms with E-state index in [0.29, 0.717) is 5.69 Å². The summed E-state index contributed by atoms with van der Waals surface area (Å²) < 4.78 is 0.922. The summed E-state index contributed by atoms with van der Waals surface area (Å²) >= 11 is 3.35. The number of aryl methyl sites for hydroxylation is 1. The average molecular weight is 374 g/mol. The molecule has 0 atom stereocenters. The Bertz CT molecular complexity index is 727. The normalized spacial score (nSPS) is 10.5. The van der Waals surface area contributed by atoms with E-state index in [2.05, 4.69) is 31.8 Å². The van der Waals surface area contributed by atoms with Crippen molar-refractivity contribution in [1.82, 2.24) is 5.43 Å². The Kier molecular flexibility index (Phi) is 6.05. The Hall–Kier alpha value is -2.47. The van der Waals surface area contributed by atoms with Gasteiger partial charge in [-0.05, 0) is 36.8 Å². The number of benzene rings is 2. The molecule has 0 spiro atoms. The highest BCUT2D eigenvalue weighted by Crippen LogP contribution is 2.10. The molecule has 0 heterocycles. The highest BCUT2D eigenvalue weighted by atomic mass is 79.9. The number of amides is 2.